The monoisotopic (exact) mass is 469 g/mol. The summed E-state index contributed by atoms with van der Waals surface area (Å²) in [6, 6.07) is 6.16. The summed E-state index contributed by atoms with van der Waals surface area (Å²) in [5.74, 6) is 2.08. The third kappa shape index (κ3) is 4.95. The van der Waals surface area contributed by atoms with E-state index in [1.165, 1.54) is 30.4 Å². The number of carboxylic acid groups (broad SMARTS) is 1. The van der Waals surface area contributed by atoms with Crippen LogP contribution in [0.15, 0.2) is 18.2 Å². The number of hydrogen-bond donors (Lipinski definition) is 3. The Kier molecular flexibility index (Phi) is 6.57. The summed E-state index contributed by atoms with van der Waals surface area (Å²) in [6.07, 6.45) is 6.90. The van der Waals surface area contributed by atoms with Crippen LogP contribution in [0.3, 0.4) is 0 Å². The van der Waals surface area contributed by atoms with E-state index < -0.39 is 5.97 Å². The van der Waals surface area contributed by atoms with Gasteiger partial charge in [-0.05, 0) is 90.7 Å². The Labute approximate surface area is 199 Å². The quantitative estimate of drug-likeness (QED) is 0.485. The summed E-state index contributed by atoms with van der Waals surface area (Å²) in [7, 11) is 0. The second-order valence-electron chi connectivity index (χ2n) is 10.7. The van der Waals surface area contributed by atoms with Crippen LogP contribution >= 0.6 is 0 Å². The molecule has 4 aliphatic carbocycles. The van der Waals surface area contributed by atoms with Crippen molar-refractivity contribution in [1.82, 2.24) is 25.5 Å². The maximum atomic E-state index is 11.1. The molecule has 4 aliphatic rings. The van der Waals surface area contributed by atoms with Gasteiger partial charge in [0.25, 0.3) is 0 Å². The Morgan fingerprint density at radius 1 is 1.24 bits per heavy atom. The largest absolute Gasteiger partial charge is 0.494 e. The zero-order chi connectivity index (χ0) is 23.7. The molecule has 184 valence electrons. The first-order valence-electron chi connectivity index (χ1n) is 12.5. The summed E-state index contributed by atoms with van der Waals surface area (Å²) in [4.78, 5) is 11.1. The van der Waals surface area contributed by atoms with Crippen LogP contribution in [0.5, 0.6) is 5.75 Å². The van der Waals surface area contributed by atoms with Gasteiger partial charge in [-0.3, -0.25) is 4.79 Å². The lowest BCUT2D eigenvalue weighted by Gasteiger charge is -2.48. The van der Waals surface area contributed by atoms with E-state index >= 15 is 0 Å². The van der Waals surface area contributed by atoms with Crippen LogP contribution in [0.25, 0.3) is 0 Å². The molecule has 4 fully saturated rings. The second-order valence-corrected chi connectivity index (χ2v) is 10.7. The van der Waals surface area contributed by atoms with Crippen LogP contribution in [0.1, 0.15) is 62.4 Å². The van der Waals surface area contributed by atoms with Crippen molar-refractivity contribution in [3.63, 3.8) is 0 Å². The smallest absolute Gasteiger partial charge is 0.311 e. The molecule has 1 aromatic carbocycles. The number of aliphatic hydroxyl groups excluding tert-OH is 1. The molecule has 2 aromatic rings. The number of aromatic nitrogens is 4. The molecule has 5 atom stereocenters. The number of fused-ring (bicyclic) bond motifs is 1. The van der Waals surface area contributed by atoms with Gasteiger partial charge in [0, 0.05) is 18.7 Å². The molecule has 4 bridgehead atoms. The molecule has 0 aliphatic heterocycles. The first-order chi connectivity index (χ1) is 16.4. The van der Waals surface area contributed by atoms with Gasteiger partial charge in [0.05, 0.1) is 19.3 Å². The number of tetrazole rings is 1. The molecular formula is C25H35N5O4. The molecule has 0 spiro atoms. The lowest BCUT2D eigenvalue weighted by molar-refractivity contribution is -0.136. The van der Waals surface area contributed by atoms with Gasteiger partial charge in [-0.25, -0.2) is 4.68 Å². The fourth-order valence-electron chi connectivity index (χ4n) is 6.95. The average Bonchev–Trinajstić information content (AvgIpc) is 3.13. The van der Waals surface area contributed by atoms with E-state index in [1.54, 1.807) is 0 Å². The van der Waals surface area contributed by atoms with E-state index in [9.17, 15) is 9.90 Å². The first-order valence-corrected chi connectivity index (χ1v) is 12.5. The van der Waals surface area contributed by atoms with Crippen LogP contribution in [0, 0.1) is 23.2 Å². The number of nitrogens with zero attached hydrogens (tertiary/aromatic N) is 4. The van der Waals surface area contributed by atoms with Gasteiger partial charge in [-0.15, -0.1) is 5.10 Å². The highest BCUT2D eigenvalue weighted by molar-refractivity contribution is 5.68. The molecule has 0 saturated heterocycles. The number of hydrogen-bond acceptors (Lipinski definition) is 7. The minimum atomic E-state index is -0.966. The molecule has 9 heteroatoms. The lowest BCUT2D eigenvalue weighted by Crippen LogP contribution is -2.44. The lowest BCUT2D eigenvalue weighted by atomic mass is 9.58. The van der Waals surface area contributed by atoms with Crippen molar-refractivity contribution in [3.8, 4) is 5.75 Å². The van der Waals surface area contributed by atoms with Gasteiger partial charge < -0.3 is 20.3 Å². The highest BCUT2D eigenvalue weighted by atomic mass is 16.5. The number of aliphatic carboxylic acids is 1. The van der Waals surface area contributed by atoms with Crippen LogP contribution in [0.4, 0.5) is 0 Å². The van der Waals surface area contributed by atoms with Crippen molar-refractivity contribution in [1.29, 1.82) is 0 Å². The van der Waals surface area contributed by atoms with E-state index in [1.807, 2.05) is 13.0 Å². The molecule has 1 heterocycles. The SMILES string of the molecule is CCOc1cc(CNCC23CC4CC(C[C@@H](O)C(C4)C2)C3)ccc1Cn1nnnc1CC(=O)O. The zero-order valence-electron chi connectivity index (χ0n) is 19.8. The standard InChI is InChI=1S/C25H35N5O4/c1-2-34-22-8-16(3-4-19(22)14-30-23(9-24(32)33)27-28-29-30)13-26-15-25-10-17-5-18(11-25)7-21(31)20(6-17)12-25/h3-4,8,17-18,20-21,26,31H,2,5-7,9-15H2,1H3,(H,32,33)/t17?,18?,20?,21-,25?/m1/s1. The van der Waals surface area contributed by atoms with E-state index in [0.717, 1.165) is 48.7 Å². The summed E-state index contributed by atoms with van der Waals surface area (Å²) in [5, 5.41) is 34.8. The number of carbonyl (C=O) groups is 1. The van der Waals surface area contributed by atoms with Gasteiger partial charge in [0.2, 0.25) is 0 Å². The number of carboxylic acids is 1. The third-order valence-corrected chi connectivity index (χ3v) is 8.06. The molecule has 4 unspecified atom stereocenters. The minimum absolute atomic E-state index is 0.102. The third-order valence-electron chi connectivity index (χ3n) is 8.06. The molecule has 1 aromatic heterocycles. The van der Waals surface area contributed by atoms with Crippen LogP contribution < -0.4 is 10.1 Å². The molecule has 4 saturated carbocycles. The Morgan fingerprint density at radius 3 is 2.85 bits per heavy atom. The van der Waals surface area contributed by atoms with Crippen molar-refractivity contribution in [3.05, 3.63) is 35.2 Å². The minimum Gasteiger partial charge on any atom is -0.494 e. The summed E-state index contributed by atoms with van der Waals surface area (Å²) in [6.45, 7) is 4.61. The Morgan fingerprint density at radius 2 is 2.06 bits per heavy atom. The summed E-state index contributed by atoms with van der Waals surface area (Å²) in [5.41, 5.74) is 2.39. The Hall–Kier alpha value is -2.52. The van der Waals surface area contributed by atoms with Gasteiger partial charge in [-0.2, -0.15) is 0 Å². The molecule has 9 nitrogen and oxygen atoms in total. The molecule has 6 rings (SSSR count). The molecule has 0 amide bonds. The van der Waals surface area contributed by atoms with Gasteiger partial charge in [0.1, 0.15) is 12.2 Å². The maximum Gasteiger partial charge on any atom is 0.311 e. The highest BCUT2D eigenvalue weighted by Gasteiger charge is 2.50. The maximum absolute atomic E-state index is 11.1. The Balaban J connectivity index is 1.24. The number of aliphatic hydroxyl groups is 1. The average molecular weight is 470 g/mol. The van der Waals surface area contributed by atoms with Crippen molar-refractivity contribution >= 4 is 5.97 Å². The van der Waals surface area contributed by atoms with E-state index in [2.05, 4.69) is 33.0 Å². The zero-order valence-corrected chi connectivity index (χ0v) is 19.8. The number of rotatable bonds is 10. The molecule has 34 heavy (non-hydrogen) atoms. The van der Waals surface area contributed by atoms with E-state index in [-0.39, 0.29) is 12.5 Å². The van der Waals surface area contributed by atoms with E-state index in [4.69, 9.17) is 9.84 Å². The number of benzene rings is 1. The van der Waals surface area contributed by atoms with Crippen molar-refractivity contribution in [2.75, 3.05) is 13.2 Å². The topological polar surface area (TPSA) is 122 Å². The molecule has 0 radical (unpaired) electrons. The number of ether oxygens (including phenoxy) is 1. The molecular weight excluding hydrogens is 434 g/mol. The fourth-order valence-corrected chi connectivity index (χ4v) is 6.95. The normalized spacial score (nSPS) is 29.8. The fraction of sp³-hybridized carbons (Fsp3) is 0.680. The number of nitrogens with one attached hydrogen (secondary N) is 1. The first kappa shape index (κ1) is 23.2. The van der Waals surface area contributed by atoms with Gasteiger partial charge in [0.15, 0.2) is 5.82 Å². The summed E-state index contributed by atoms with van der Waals surface area (Å²) < 4.78 is 7.41. The van der Waals surface area contributed by atoms with Crippen LogP contribution in [-0.2, 0) is 24.3 Å². The van der Waals surface area contributed by atoms with E-state index in [0.29, 0.717) is 36.2 Å². The highest BCUT2D eigenvalue weighted by Crippen LogP contribution is 2.57. The summed E-state index contributed by atoms with van der Waals surface area (Å²) >= 11 is 0. The van der Waals surface area contributed by atoms with Crippen LogP contribution in [-0.4, -0.2) is 55.6 Å². The van der Waals surface area contributed by atoms with Crippen molar-refractivity contribution < 1.29 is 19.7 Å². The van der Waals surface area contributed by atoms with Crippen molar-refractivity contribution in [2.45, 2.75) is 71.1 Å². The Bertz CT molecular complexity index is 1030. The van der Waals surface area contributed by atoms with Gasteiger partial charge >= 0.3 is 5.97 Å². The predicted molar refractivity (Wildman–Crippen MR) is 124 cm³/mol. The van der Waals surface area contributed by atoms with Crippen molar-refractivity contribution in [2.24, 2.45) is 23.2 Å². The second kappa shape index (κ2) is 9.62. The molecule has 3 N–H and O–H groups in total. The van der Waals surface area contributed by atoms with Gasteiger partial charge in [-0.1, -0.05) is 12.1 Å². The predicted octanol–water partition coefficient (Wildman–Crippen LogP) is 2.41. The van der Waals surface area contributed by atoms with Crippen LogP contribution in [0.2, 0.25) is 0 Å².